The lowest BCUT2D eigenvalue weighted by Gasteiger charge is -2.09. The summed E-state index contributed by atoms with van der Waals surface area (Å²) in [6, 6.07) is 5.19. The summed E-state index contributed by atoms with van der Waals surface area (Å²) >= 11 is 0. The zero-order valence-corrected chi connectivity index (χ0v) is 13.0. The van der Waals surface area contributed by atoms with E-state index in [1.807, 2.05) is 19.9 Å². The molecule has 20 heavy (non-hydrogen) atoms. The highest BCUT2D eigenvalue weighted by Crippen LogP contribution is 2.28. The fourth-order valence-corrected chi connectivity index (χ4v) is 3.04. The Morgan fingerprint density at radius 2 is 2.00 bits per heavy atom. The predicted molar refractivity (Wildman–Crippen MR) is 79.3 cm³/mol. The van der Waals surface area contributed by atoms with E-state index in [1.165, 1.54) is 12.8 Å². The average molecular weight is 297 g/mol. The van der Waals surface area contributed by atoms with E-state index in [2.05, 4.69) is 4.72 Å². The largest absolute Gasteiger partial charge is 0.381 e. The van der Waals surface area contributed by atoms with E-state index >= 15 is 0 Å². The molecule has 0 unspecified atom stereocenters. The molecule has 0 radical (unpaired) electrons. The Kier molecular flexibility index (Phi) is 5.18. The normalized spacial score (nSPS) is 15.5. The highest BCUT2D eigenvalue weighted by atomic mass is 32.2. The standard InChI is InChI=1S/C15H23NO3S/c1-12-4-7-15(10-13(12)2)20(17,18)16-8-3-9-19-11-14-5-6-14/h4,7,10,14,16H,3,5-6,8-9,11H2,1-2H3. The predicted octanol–water partition coefficient (Wildman–Crippen LogP) is 2.40. The molecule has 1 aromatic carbocycles. The topological polar surface area (TPSA) is 55.4 Å². The third kappa shape index (κ3) is 4.58. The van der Waals surface area contributed by atoms with E-state index in [4.69, 9.17) is 4.74 Å². The summed E-state index contributed by atoms with van der Waals surface area (Å²) in [4.78, 5) is 0.333. The molecule has 1 saturated carbocycles. The maximum atomic E-state index is 12.1. The molecule has 0 spiro atoms. The molecule has 0 amide bonds. The summed E-state index contributed by atoms with van der Waals surface area (Å²) in [6.45, 7) is 5.74. The minimum atomic E-state index is -3.40. The van der Waals surface area contributed by atoms with Crippen LogP contribution in [0, 0.1) is 19.8 Å². The van der Waals surface area contributed by atoms with Gasteiger partial charge >= 0.3 is 0 Å². The molecule has 1 aliphatic carbocycles. The number of aryl methyl sites for hydroxylation is 2. The Morgan fingerprint density at radius 3 is 2.65 bits per heavy atom. The number of hydrogen-bond donors (Lipinski definition) is 1. The molecule has 1 fully saturated rings. The first-order valence-electron chi connectivity index (χ1n) is 7.14. The number of hydrogen-bond acceptors (Lipinski definition) is 3. The lowest BCUT2D eigenvalue weighted by Crippen LogP contribution is -2.25. The van der Waals surface area contributed by atoms with Gasteiger partial charge in [-0.3, -0.25) is 0 Å². The highest BCUT2D eigenvalue weighted by Gasteiger charge is 2.21. The van der Waals surface area contributed by atoms with E-state index in [1.54, 1.807) is 12.1 Å². The maximum Gasteiger partial charge on any atom is 0.240 e. The summed E-state index contributed by atoms with van der Waals surface area (Å²) < 4.78 is 32.3. The first-order valence-corrected chi connectivity index (χ1v) is 8.62. The zero-order valence-electron chi connectivity index (χ0n) is 12.2. The van der Waals surface area contributed by atoms with Crippen LogP contribution in [0.4, 0.5) is 0 Å². The highest BCUT2D eigenvalue weighted by molar-refractivity contribution is 7.89. The molecule has 0 atom stereocenters. The van der Waals surface area contributed by atoms with Crippen LogP contribution in [0.3, 0.4) is 0 Å². The van der Waals surface area contributed by atoms with Crippen LogP contribution in [0.15, 0.2) is 23.1 Å². The van der Waals surface area contributed by atoms with Crippen LogP contribution < -0.4 is 4.72 Å². The lowest BCUT2D eigenvalue weighted by atomic mass is 10.1. The second-order valence-corrected chi connectivity index (χ2v) is 7.28. The van der Waals surface area contributed by atoms with Crippen LogP contribution in [0.1, 0.15) is 30.4 Å². The molecular weight excluding hydrogens is 274 g/mol. The van der Waals surface area contributed by atoms with Gasteiger partial charge in [0, 0.05) is 19.8 Å². The van der Waals surface area contributed by atoms with Gasteiger partial charge in [-0.1, -0.05) is 6.07 Å². The summed E-state index contributed by atoms with van der Waals surface area (Å²) in [5.74, 6) is 0.752. The molecule has 5 heteroatoms. The van der Waals surface area contributed by atoms with Crippen LogP contribution in [-0.4, -0.2) is 28.2 Å². The summed E-state index contributed by atoms with van der Waals surface area (Å²) in [5.41, 5.74) is 2.08. The monoisotopic (exact) mass is 297 g/mol. The van der Waals surface area contributed by atoms with Crippen LogP contribution in [0.2, 0.25) is 0 Å². The SMILES string of the molecule is Cc1ccc(S(=O)(=O)NCCCOCC2CC2)cc1C. The van der Waals surface area contributed by atoms with Crippen molar-refractivity contribution in [3.8, 4) is 0 Å². The van der Waals surface area contributed by atoms with Crippen LogP contribution in [0.25, 0.3) is 0 Å². The first-order chi connectivity index (χ1) is 9.49. The molecule has 1 aliphatic rings. The van der Waals surface area contributed by atoms with Crippen molar-refractivity contribution in [3.63, 3.8) is 0 Å². The van der Waals surface area contributed by atoms with Gasteiger partial charge in [-0.25, -0.2) is 13.1 Å². The second kappa shape index (κ2) is 6.70. The van der Waals surface area contributed by atoms with Gasteiger partial charge in [-0.2, -0.15) is 0 Å². The van der Waals surface area contributed by atoms with Gasteiger partial charge in [-0.05, 0) is 62.3 Å². The van der Waals surface area contributed by atoms with Gasteiger partial charge < -0.3 is 4.74 Å². The van der Waals surface area contributed by atoms with E-state index in [9.17, 15) is 8.42 Å². The van der Waals surface area contributed by atoms with Crippen molar-refractivity contribution in [2.45, 2.75) is 38.0 Å². The zero-order chi connectivity index (χ0) is 14.6. The Bertz CT molecular complexity index is 550. The Hall–Kier alpha value is -0.910. The molecule has 1 aromatic rings. The van der Waals surface area contributed by atoms with Crippen molar-refractivity contribution in [3.05, 3.63) is 29.3 Å². The van der Waals surface area contributed by atoms with E-state index in [-0.39, 0.29) is 0 Å². The number of rotatable bonds is 8. The Balaban J connectivity index is 1.76. The average Bonchev–Trinajstić information content (AvgIpc) is 3.21. The molecule has 2 rings (SSSR count). The van der Waals surface area contributed by atoms with Gasteiger partial charge in [0.05, 0.1) is 4.90 Å². The van der Waals surface area contributed by atoms with Crippen LogP contribution in [0.5, 0.6) is 0 Å². The second-order valence-electron chi connectivity index (χ2n) is 5.52. The molecule has 0 aromatic heterocycles. The van der Waals surface area contributed by atoms with Crippen molar-refractivity contribution in [2.24, 2.45) is 5.92 Å². The van der Waals surface area contributed by atoms with Crippen molar-refractivity contribution < 1.29 is 13.2 Å². The quantitative estimate of drug-likeness (QED) is 0.750. The van der Waals surface area contributed by atoms with Crippen LogP contribution in [-0.2, 0) is 14.8 Å². The molecule has 4 nitrogen and oxygen atoms in total. The summed E-state index contributed by atoms with van der Waals surface area (Å²) in [6.07, 6.45) is 3.26. The maximum absolute atomic E-state index is 12.1. The number of sulfonamides is 1. The number of nitrogens with one attached hydrogen (secondary N) is 1. The van der Waals surface area contributed by atoms with Crippen molar-refractivity contribution in [1.29, 1.82) is 0 Å². The summed E-state index contributed by atoms with van der Waals surface area (Å²) in [7, 11) is -3.40. The molecule has 0 saturated heterocycles. The third-order valence-corrected chi connectivity index (χ3v) is 5.06. The molecule has 0 heterocycles. The molecule has 1 N–H and O–H groups in total. The number of ether oxygens (including phenoxy) is 1. The minimum Gasteiger partial charge on any atom is -0.381 e. The smallest absolute Gasteiger partial charge is 0.240 e. The molecule has 0 bridgehead atoms. The minimum absolute atomic E-state index is 0.333. The van der Waals surface area contributed by atoms with Gasteiger partial charge in [-0.15, -0.1) is 0 Å². The van der Waals surface area contributed by atoms with Gasteiger partial charge in [0.15, 0.2) is 0 Å². The van der Waals surface area contributed by atoms with Gasteiger partial charge in [0.1, 0.15) is 0 Å². The fourth-order valence-electron chi connectivity index (χ4n) is 1.88. The lowest BCUT2D eigenvalue weighted by molar-refractivity contribution is 0.123. The van der Waals surface area contributed by atoms with Crippen LogP contribution >= 0.6 is 0 Å². The fraction of sp³-hybridized carbons (Fsp3) is 0.600. The van der Waals surface area contributed by atoms with Gasteiger partial charge in [0.2, 0.25) is 10.0 Å². The van der Waals surface area contributed by atoms with Crippen molar-refractivity contribution in [1.82, 2.24) is 4.72 Å². The Labute approximate surface area is 121 Å². The molecule has 0 aliphatic heterocycles. The van der Waals surface area contributed by atoms with E-state index < -0.39 is 10.0 Å². The number of benzene rings is 1. The van der Waals surface area contributed by atoms with Crippen molar-refractivity contribution in [2.75, 3.05) is 19.8 Å². The van der Waals surface area contributed by atoms with E-state index in [0.717, 1.165) is 23.7 Å². The van der Waals surface area contributed by atoms with Crippen molar-refractivity contribution >= 4 is 10.0 Å². The third-order valence-electron chi connectivity index (χ3n) is 3.60. The van der Waals surface area contributed by atoms with E-state index in [0.29, 0.717) is 24.5 Å². The van der Waals surface area contributed by atoms with Gasteiger partial charge in [0.25, 0.3) is 0 Å². The Morgan fingerprint density at radius 1 is 1.25 bits per heavy atom. The molecule has 112 valence electrons. The summed E-state index contributed by atoms with van der Waals surface area (Å²) in [5, 5.41) is 0. The molecular formula is C15H23NO3S. The first kappa shape index (κ1) is 15.5.